The van der Waals surface area contributed by atoms with Crippen LogP contribution in [0.15, 0.2) is 34.2 Å². The fraction of sp³-hybridized carbons (Fsp3) is 0.364. The summed E-state index contributed by atoms with van der Waals surface area (Å²) in [4.78, 5) is 43.9. The molecule has 0 spiro atoms. The van der Waals surface area contributed by atoms with Gasteiger partial charge in [-0.2, -0.15) is 0 Å². The van der Waals surface area contributed by atoms with Gasteiger partial charge >= 0.3 is 6.03 Å². The standard InChI is InChI=1S/C22H24N4O3S2/c1-11-8-9-14-16(10-11)31-19-17(14)20(28)26(15-7-5-4-6-12(15)2)22(25-19)30-13(3)18(27)24-21(23)29/h4-7,11,13H,8-10H2,1-3H3,(H3,23,24,27,29)/t11-,13+/m0/s1. The van der Waals surface area contributed by atoms with Crippen molar-refractivity contribution >= 4 is 45.3 Å². The van der Waals surface area contributed by atoms with E-state index in [4.69, 9.17) is 10.7 Å². The van der Waals surface area contributed by atoms with Crippen molar-refractivity contribution in [2.75, 3.05) is 0 Å². The number of nitrogens with two attached hydrogens (primary N) is 1. The summed E-state index contributed by atoms with van der Waals surface area (Å²) in [5.41, 5.74) is 7.75. The molecule has 2 aromatic heterocycles. The van der Waals surface area contributed by atoms with Crippen LogP contribution < -0.4 is 16.6 Å². The van der Waals surface area contributed by atoms with Crippen molar-refractivity contribution < 1.29 is 9.59 Å². The Balaban J connectivity index is 1.91. The van der Waals surface area contributed by atoms with E-state index >= 15 is 0 Å². The van der Waals surface area contributed by atoms with Gasteiger partial charge in [0.05, 0.1) is 16.3 Å². The molecule has 3 aromatic rings. The number of rotatable bonds is 4. The van der Waals surface area contributed by atoms with Gasteiger partial charge in [-0.05, 0) is 56.2 Å². The third kappa shape index (κ3) is 4.12. The summed E-state index contributed by atoms with van der Waals surface area (Å²) in [6.45, 7) is 5.82. The summed E-state index contributed by atoms with van der Waals surface area (Å²) < 4.78 is 1.60. The van der Waals surface area contributed by atoms with Gasteiger partial charge in [0.1, 0.15) is 4.83 Å². The van der Waals surface area contributed by atoms with Gasteiger partial charge in [-0.15, -0.1) is 11.3 Å². The molecule has 1 aliphatic rings. The van der Waals surface area contributed by atoms with Gasteiger partial charge in [0.15, 0.2) is 5.16 Å². The minimum absolute atomic E-state index is 0.114. The Bertz CT molecular complexity index is 1250. The molecule has 2 heterocycles. The summed E-state index contributed by atoms with van der Waals surface area (Å²) in [5, 5.41) is 2.54. The van der Waals surface area contributed by atoms with E-state index in [1.165, 1.54) is 4.88 Å². The van der Waals surface area contributed by atoms with E-state index in [0.717, 1.165) is 47.8 Å². The number of benzene rings is 1. The first-order chi connectivity index (χ1) is 14.8. The highest BCUT2D eigenvalue weighted by Crippen LogP contribution is 2.37. The Kier molecular flexibility index (Phi) is 5.90. The lowest BCUT2D eigenvalue weighted by Gasteiger charge is -2.18. The molecule has 1 aliphatic carbocycles. The molecular formula is C22H24N4O3S2. The zero-order chi connectivity index (χ0) is 22.3. The predicted molar refractivity (Wildman–Crippen MR) is 124 cm³/mol. The number of aryl methyl sites for hydroxylation is 2. The first-order valence-corrected chi connectivity index (χ1v) is 11.9. The summed E-state index contributed by atoms with van der Waals surface area (Å²) in [6, 6.07) is 6.70. The minimum atomic E-state index is -0.905. The maximum absolute atomic E-state index is 13.8. The van der Waals surface area contributed by atoms with Crippen molar-refractivity contribution in [3.05, 3.63) is 50.6 Å². The fourth-order valence-electron chi connectivity index (χ4n) is 3.91. The summed E-state index contributed by atoms with van der Waals surface area (Å²) in [5.74, 6) is 0.0630. The summed E-state index contributed by atoms with van der Waals surface area (Å²) in [7, 11) is 0. The number of hydrogen-bond donors (Lipinski definition) is 2. The highest BCUT2D eigenvalue weighted by Gasteiger charge is 2.27. The topological polar surface area (TPSA) is 107 Å². The lowest BCUT2D eigenvalue weighted by Crippen LogP contribution is -2.39. The van der Waals surface area contributed by atoms with Gasteiger partial charge in [0, 0.05) is 4.88 Å². The Hall–Kier alpha value is -2.65. The third-order valence-corrected chi connectivity index (χ3v) is 7.75. The number of imide groups is 1. The van der Waals surface area contributed by atoms with E-state index in [-0.39, 0.29) is 5.56 Å². The first kappa shape index (κ1) is 21.6. The molecular weight excluding hydrogens is 432 g/mol. The SMILES string of the molecule is Cc1ccccc1-n1c(S[C@H](C)C(=O)NC(N)=O)nc2sc3c(c2c1=O)CC[C@H](C)C3. The molecule has 31 heavy (non-hydrogen) atoms. The van der Waals surface area contributed by atoms with E-state index in [9.17, 15) is 14.4 Å². The predicted octanol–water partition coefficient (Wildman–Crippen LogP) is 3.56. The van der Waals surface area contributed by atoms with Crippen LogP contribution in [0.25, 0.3) is 15.9 Å². The molecule has 4 rings (SSSR count). The van der Waals surface area contributed by atoms with Crippen molar-refractivity contribution in [2.45, 2.75) is 50.4 Å². The number of thiophene rings is 1. The summed E-state index contributed by atoms with van der Waals surface area (Å²) in [6.07, 6.45) is 2.90. The van der Waals surface area contributed by atoms with Crippen LogP contribution in [0.4, 0.5) is 4.79 Å². The number of thioether (sulfide) groups is 1. The van der Waals surface area contributed by atoms with E-state index in [1.54, 1.807) is 22.8 Å². The van der Waals surface area contributed by atoms with Crippen molar-refractivity contribution in [3.63, 3.8) is 0 Å². The number of carbonyl (C=O) groups is 2. The Morgan fingerprint density at radius 3 is 2.81 bits per heavy atom. The zero-order valence-electron chi connectivity index (χ0n) is 17.6. The van der Waals surface area contributed by atoms with Crippen molar-refractivity contribution in [1.29, 1.82) is 0 Å². The van der Waals surface area contributed by atoms with Gasteiger partial charge in [0.25, 0.3) is 5.56 Å². The molecule has 0 aliphatic heterocycles. The number of nitrogens with one attached hydrogen (secondary N) is 1. The van der Waals surface area contributed by atoms with Gasteiger partial charge in [-0.25, -0.2) is 9.78 Å². The maximum Gasteiger partial charge on any atom is 0.318 e. The molecule has 0 saturated heterocycles. The average molecular weight is 457 g/mol. The van der Waals surface area contributed by atoms with E-state index in [1.807, 2.05) is 31.2 Å². The lowest BCUT2D eigenvalue weighted by atomic mass is 9.89. The minimum Gasteiger partial charge on any atom is -0.351 e. The Morgan fingerprint density at radius 2 is 2.10 bits per heavy atom. The second kappa shape index (κ2) is 8.47. The van der Waals surface area contributed by atoms with E-state index in [2.05, 4.69) is 12.2 Å². The molecule has 0 saturated carbocycles. The Labute approximate surface area is 188 Å². The van der Waals surface area contributed by atoms with Crippen LogP contribution in [0.1, 0.15) is 36.3 Å². The number of urea groups is 1. The van der Waals surface area contributed by atoms with Gasteiger partial charge < -0.3 is 5.73 Å². The lowest BCUT2D eigenvalue weighted by molar-refractivity contribution is -0.119. The first-order valence-electron chi connectivity index (χ1n) is 10.2. The highest BCUT2D eigenvalue weighted by molar-refractivity contribution is 8.00. The van der Waals surface area contributed by atoms with Crippen LogP contribution in [-0.2, 0) is 17.6 Å². The van der Waals surface area contributed by atoms with Crippen LogP contribution >= 0.6 is 23.1 Å². The second-order valence-corrected chi connectivity index (χ2v) is 10.4. The van der Waals surface area contributed by atoms with Crippen molar-refractivity contribution in [2.24, 2.45) is 11.7 Å². The molecule has 1 aromatic carbocycles. The van der Waals surface area contributed by atoms with Gasteiger partial charge in [-0.3, -0.25) is 19.5 Å². The molecule has 0 unspecified atom stereocenters. The van der Waals surface area contributed by atoms with E-state index < -0.39 is 17.2 Å². The number of hydrogen-bond acceptors (Lipinski definition) is 6. The molecule has 3 N–H and O–H groups in total. The quantitative estimate of drug-likeness (QED) is 0.461. The van der Waals surface area contributed by atoms with Crippen molar-refractivity contribution in [3.8, 4) is 5.69 Å². The smallest absolute Gasteiger partial charge is 0.318 e. The van der Waals surface area contributed by atoms with Crippen LogP contribution in [0.5, 0.6) is 0 Å². The number of primary amides is 1. The van der Waals surface area contributed by atoms with Gasteiger partial charge in [-0.1, -0.05) is 36.9 Å². The second-order valence-electron chi connectivity index (χ2n) is 7.97. The monoisotopic (exact) mass is 456 g/mol. The molecule has 7 nitrogen and oxygen atoms in total. The highest BCUT2D eigenvalue weighted by atomic mass is 32.2. The zero-order valence-corrected chi connectivity index (χ0v) is 19.2. The molecule has 2 atom stereocenters. The molecule has 3 amide bonds. The molecule has 0 bridgehead atoms. The molecule has 162 valence electrons. The normalized spacial score (nSPS) is 16.7. The summed E-state index contributed by atoms with van der Waals surface area (Å²) >= 11 is 2.71. The van der Waals surface area contributed by atoms with Gasteiger partial charge in [0.2, 0.25) is 5.91 Å². The fourth-order valence-corrected chi connectivity index (χ4v) is 6.26. The number of nitrogens with zero attached hydrogens (tertiary/aromatic N) is 2. The average Bonchev–Trinajstić information content (AvgIpc) is 3.06. The number of fused-ring (bicyclic) bond motifs is 3. The van der Waals surface area contributed by atoms with Crippen LogP contribution in [0, 0.1) is 12.8 Å². The van der Waals surface area contributed by atoms with Crippen LogP contribution in [0.2, 0.25) is 0 Å². The number of amides is 3. The largest absolute Gasteiger partial charge is 0.351 e. The number of para-hydroxylation sites is 1. The van der Waals surface area contributed by atoms with Crippen LogP contribution in [-0.4, -0.2) is 26.7 Å². The van der Waals surface area contributed by atoms with E-state index in [0.29, 0.717) is 21.3 Å². The van der Waals surface area contributed by atoms with Crippen molar-refractivity contribution in [1.82, 2.24) is 14.9 Å². The molecule has 0 fully saturated rings. The Morgan fingerprint density at radius 1 is 1.35 bits per heavy atom. The third-order valence-electron chi connectivity index (χ3n) is 5.55. The van der Waals surface area contributed by atoms with Crippen LogP contribution in [0.3, 0.4) is 0 Å². The molecule has 0 radical (unpaired) electrons. The number of aromatic nitrogens is 2. The molecule has 9 heteroatoms. The maximum atomic E-state index is 13.8. The number of carbonyl (C=O) groups excluding carboxylic acids is 2.